The molecule has 0 heterocycles. The Labute approximate surface area is 104 Å². The first-order valence-electron chi connectivity index (χ1n) is 7.06. The van der Waals surface area contributed by atoms with Crippen molar-refractivity contribution >= 4 is 8.46 Å². The van der Waals surface area contributed by atoms with Crippen LogP contribution in [0.5, 0.6) is 0 Å². The van der Waals surface area contributed by atoms with Crippen molar-refractivity contribution in [3.8, 4) is 0 Å². The smallest absolute Gasteiger partial charge is 0.155 e. The van der Waals surface area contributed by atoms with Crippen molar-refractivity contribution < 1.29 is 4.57 Å². The molecule has 0 aromatic heterocycles. The fraction of sp³-hybridized carbons (Fsp3) is 1.00. The molecule has 0 aromatic carbocycles. The minimum Gasteiger partial charge on any atom is -0.275 e. The van der Waals surface area contributed by atoms with Crippen LogP contribution < -0.4 is 0 Å². The maximum atomic E-state index is 10.2. The Morgan fingerprint density at radius 2 is 1.19 bits per heavy atom. The molecule has 0 rings (SSSR count). The van der Waals surface area contributed by atoms with Crippen LogP contribution in [0.2, 0.25) is 0 Å². The topological polar surface area (TPSA) is 17.1 Å². The van der Waals surface area contributed by atoms with Crippen molar-refractivity contribution in [3.63, 3.8) is 0 Å². The Hall–Kier alpha value is 0.100. The van der Waals surface area contributed by atoms with Crippen molar-refractivity contribution in [2.75, 3.05) is 6.16 Å². The zero-order valence-corrected chi connectivity index (χ0v) is 12.1. The number of rotatable bonds is 12. The van der Waals surface area contributed by atoms with Crippen LogP contribution in [0.4, 0.5) is 0 Å². The summed E-state index contributed by atoms with van der Waals surface area (Å²) in [6.45, 7) is 4.61. The van der Waals surface area contributed by atoms with Crippen molar-refractivity contribution in [1.29, 1.82) is 0 Å². The molecule has 0 amide bonds. The van der Waals surface area contributed by atoms with Crippen LogP contribution in [-0.4, -0.2) is 6.16 Å². The van der Waals surface area contributed by atoms with Crippen LogP contribution in [0.3, 0.4) is 0 Å². The van der Waals surface area contributed by atoms with Gasteiger partial charge in [0.25, 0.3) is 0 Å². The van der Waals surface area contributed by atoms with Crippen molar-refractivity contribution in [1.82, 2.24) is 0 Å². The van der Waals surface area contributed by atoms with E-state index in [1.54, 1.807) is 0 Å². The third-order valence-electron chi connectivity index (χ3n) is 3.03. The third-order valence-corrected chi connectivity index (χ3v) is 3.53. The maximum Gasteiger partial charge on any atom is 0.155 e. The van der Waals surface area contributed by atoms with Gasteiger partial charge < -0.3 is 0 Å². The molecule has 0 fully saturated rings. The number of unbranched alkanes of at least 4 members (excludes halogenated alkanes) is 8. The van der Waals surface area contributed by atoms with E-state index in [0.717, 1.165) is 18.5 Å². The van der Waals surface area contributed by atoms with Gasteiger partial charge in [-0.05, 0) is 12.3 Å². The second-order valence-electron chi connectivity index (χ2n) is 5.22. The zero-order chi connectivity index (χ0) is 12.1. The van der Waals surface area contributed by atoms with Crippen LogP contribution >= 0.6 is 8.46 Å². The monoisotopic (exact) mass is 244 g/mol. The summed E-state index contributed by atoms with van der Waals surface area (Å²) in [6.07, 6.45) is 14.4. The van der Waals surface area contributed by atoms with Gasteiger partial charge in [0, 0.05) is 6.16 Å². The van der Waals surface area contributed by atoms with E-state index in [4.69, 9.17) is 0 Å². The lowest BCUT2D eigenvalue weighted by Gasteiger charge is -2.04. The predicted molar refractivity (Wildman–Crippen MR) is 73.5 cm³/mol. The number of hydrogen-bond acceptors (Lipinski definition) is 1. The first-order chi connectivity index (χ1) is 7.77. The average molecular weight is 244 g/mol. The molecule has 0 aliphatic carbocycles. The summed E-state index contributed by atoms with van der Waals surface area (Å²) in [4.78, 5) is 0. The normalized spacial score (nSPS) is 11.4. The maximum absolute atomic E-state index is 10.2. The van der Waals surface area contributed by atoms with Gasteiger partial charge in [-0.2, -0.15) is 0 Å². The highest BCUT2D eigenvalue weighted by atomic mass is 31.1. The van der Waals surface area contributed by atoms with Crippen LogP contribution in [0.1, 0.15) is 78.1 Å². The zero-order valence-electron chi connectivity index (χ0n) is 11.2. The summed E-state index contributed by atoms with van der Waals surface area (Å²) in [6, 6.07) is 0. The molecular formula is C14H29OP. The Bertz CT molecular complexity index is 146. The van der Waals surface area contributed by atoms with Crippen LogP contribution in [-0.2, 0) is 4.57 Å². The highest BCUT2D eigenvalue weighted by Gasteiger charge is 1.95. The molecule has 2 heteroatoms. The molecule has 1 nitrogen and oxygen atoms in total. The molecule has 16 heavy (non-hydrogen) atoms. The van der Waals surface area contributed by atoms with Gasteiger partial charge in [-0.25, -0.2) is 0 Å². The molecule has 0 aliphatic rings. The molecule has 0 atom stereocenters. The lowest BCUT2D eigenvalue weighted by molar-refractivity contribution is 0.507. The van der Waals surface area contributed by atoms with Gasteiger partial charge in [0.15, 0.2) is 8.46 Å². The average Bonchev–Trinajstić information content (AvgIpc) is 2.25. The third kappa shape index (κ3) is 14.1. The van der Waals surface area contributed by atoms with Gasteiger partial charge in [0.05, 0.1) is 0 Å². The van der Waals surface area contributed by atoms with E-state index in [9.17, 15) is 4.57 Å². The van der Waals surface area contributed by atoms with Crippen molar-refractivity contribution in [3.05, 3.63) is 0 Å². The highest BCUT2D eigenvalue weighted by Crippen LogP contribution is 2.13. The van der Waals surface area contributed by atoms with Crippen molar-refractivity contribution in [2.24, 2.45) is 5.92 Å². The number of hydrogen-bond donors (Lipinski definition) is 0. The molecule has 0 spiro atoms. The summed E-state index contributed by atoms with van der Waals surface area (Å²) in [7, 11) is 0.324. The molecular weight excluding hydrogens is 215 g/mol. The largest absolute Gasteiger partial charge is 0.275 e. The molecule has 0 N–H and O–H groups in total. The first-order valence-corrected chi connectivity index (χ1v) is 8.06. The molecule has 0 aromatic rings. The Balaban J connectivity index is 2.90. The summed E-state index contributed by atoms with van der Waals surface area (Å²) in [5.41, 5.74) is 0. The molecule has 0 saturated heterocycles. The fourth-order valence-corrected chi connectivity index (χ4v) is 2.32. The molecule has 0 unspecified atom stereocenters. The molecule has 96 valence electrons. The Morgan fingerprint density at radius 3 is 1.62 bits per heavy atom. The van der Waals surface area contributed by atoms with E-state index in [-0.39, 0.29) is 0 Å². The van der Waals surface area contributed by atoms with Crippen molar-refractivity contribution in [2.45, 2.75) is 78.1 Å². The molecule has 0 aliphatic heterocycles. The summed E-state index contributed by atoms with van der Waals surface area (Å²) < 4.78 is 10.2. The van der Waals surface area contributed by atoms with Gasteiger partial charge in [0.1, 0.15) is 0 Å². The van der Waals surface area contributed by atoms with Crippen LogP contribution in [0, 0.1) is 5.92 Å². The molecule has 0 bridgehead atoms. The van der Waals surface area contributed by atoms with Crippen LogP contribution in [0.15, 0.2) is 0 Å². The van der Waals surface area contributed by atoms with E-state index in [0.29, 0.717) is 8.46 Å². The second-order valence-corrected chi connectivity index (χ2v) is 5.92. The predicted octanol–water partition coefficient (Wildman–Crippen LogP) is 5.84. The first kappa shape index (κ1) is 16.1. The Kier molecular flexibility index (Phi) is 13.2. The standard InChI is InChI=1S/C14H29OP/c1-14(2)12-10-8-6-4-3-5-7-9-11-13-16-15/h14H,3-13H2,1-2H3. The van der Waals surface area contributed by atoms with E-state index < -0.39 is 0 Å². The lowest BCUT2D eigenvalue weighted by Crippen LogP contribution is -1.87. The van der Waals surface area contributed by atoms with Gasteiger partial charge in [0.2, 0.25) is 0 Å². The second kappa shape index (κ2) is 13.2. The van der Waals surface area contributed by atoms with E-state index >= 15 is 0 Å². The SMILES string of the molecule is CC(C)CCCCCCCCCCCP=O. The summed E-state index contributed by atoms with van der Waals surface area (Å²) >= 11 is 0. The molecule has 0 radical (unpaired) electrons. The van der Waals surface area contributed by atoms with Gasteiger partial charge >= 0.3 is 0 Å². The van der Waals surface area contributed by atoms with Gasteiger partial charge in [-0.1, -0.05) is 71.6 Å². The minimum atomic E-state index is 0.324. The lowest BCUT2D eigenvalue weighted by atomic mass is 10.0. The quantitative estimate of drug-likeness (QED) is 0.311. The van der Waals surface area contributed by atoms with E-state index in [1.807, 2.05) is 0 Å². The van der Waals surface area contributed by atoms with E-state index in [2.05, 4.69) is 13.8 Å². The summed E-state index contributed by atoms with van der Waals surface area (Å²) in [5.74, 6) is 0.875. The van der Waals surface area contributed by atoms with Crippen LogP contribution in [0.25, 0.3) is 0 Å². The van der Waals surface area contributed by atoms with E-state index in [1.165, 1.54) is 57.8 Å². The van der Waals surface area contributed by atoms with Gasteiger partial charge in [-0.3, -0.25) is 4.57 Å². The Morgan fingerprint density at radius 1 is 0.750 bits per heavy atom. The van der Waals surface area contributed by atoms with Gasteiger partial charge in [-0.15, -0.1) is 0 Å². The molecule has 0 saturated carbocycles. The fourth-order valence-electron chi connectivity index (χ4n) is 1.97. The highest BCUT2D eigenvalue weighted by molar-refractivity contribution is 7.23. The summed E-state index contributed by atoms with van der Waals surface area (Å²) in [5, 5.41) is 0. The minimum absolute atomic E-state index is 0.324.